The van der Waals surface area contributed by atoms with Crippen molar-refractivity contribution >= 4 is 5.91 Å². The maximum atomic E-state index is 12.8. The molecule has 0 aromatic carbocycles. The summed E-state index contributed by atoms with van der Waals surface area (Å²) in [6.45, 7) is 0.903. The summed E-state index contributed by atoms with van der Waals surface area (Å²) >= 11 is 0. The molecule has 0 aromatic rings. The second-order valence-electron chi connectivity index (χ2n) is 4.10. The fraction of sp³-hybridized carbons (Fsp3) is 0.900. The van der Waals surface area contributed by atoms with Crippen molar-refractivity contribution in [1.29, 1.82) is 0 Å². The first kappa shape index (κ1) is 8.97. The van der Waals surface area contributed by atoms with E-state index in [1.54, 1.807) is 0 Å². The lowest BCUT2D eigenvalue weighted by Crippen LogP contribution is -2.39. The van der Waals surface area contributed by atoms with Crippen molar-refractivity contribution in [3.8, 4) is 0 Å². The maximum Gasteiger partial charge on any atom is 0.222 e. The van der Waals surface area contributed by atoms with Gasteiger partial charge in [0.15, 0.2) is 0 Å². The first-order valence-electron chi connectivity index (χ1n) is 5.21. The number of halogens is 1. The molecule has 1 heterocycles. The minimum Gasteiger partial charge on any atom is -0.340 e. The van der Waals surface area contributed by atoms with Crippen LogP contribution < -0.4 is 0 Å². The highest BCUT2D eigenvalue weighted by molar-refractivity contribution is 5.78. The molecular weight excluding hydrogens is 169 g/mol. The minimum atomic E-state index is -0.617. The van der Waals surface area contributed by atoms with Crippen LogP contribution in [0.4, 0.5) is 4.39 Å². The highest BCUT2D eigenvalue weighted by Gasteiger charge is 2.30. The molecule has 1 saturated heterocycles. The highest BCUT2D eigenvalue weighted by Crippen LogP contribution is 2.27. The zero-order valence-electron chi connectivity index (χ0n) is 7.84. The molecule has 0 spiro atoms. The zero-order valence-corrected chi connectivity index (χ0v) is 7.84. The number of alkyl halides is 1. The third-order valence-electron chi connectivity index (χ3n) is 3.18. The van der Waals surface area contributed by atoms with Gasteiger partial charge in [0.1, 0.15) is 6.17 Å². The largest absolute Gasteiger partial charge is 0.340 e. The van der Waals surface area contributed by atoms with Crippen molar-refractivity contribution in [2.24, 2.45) is 0 Å². The van der Waals surface area contributed by atoms with Gasteiger partial charge >= 0.3 is 0 Å². The molecule has 0 radical (unpaired) electrons. The number of rotatable bonds is 1. The van der Waals surface area contributed by atoms with Gasteiger partial charge in [0.2, 0.25) is 5.91 Å². The predicted molar refractivity (Wildman–Crippen MR) is 48.1 cm³/mol. The lowest BCUT2D eigenvalue weighted by molar-refractivity contribution is -0.130. The molecule has 0 N–H and O–H groups in total. The standard InChI is InChI=1S/C10H16FNO/c11-8-3-5-9(6-4-8)12-7-1-2-10(12)13/h8-9H,1-7H2/t8-,9-. The molecule has 0 bridgehead atoms. The van der Waals surface area contributed by atoms with Crippen LogP contribution in [0, 0.1) is 0 Å². The molecule has 1 saturated carbocycles. The average molecular weight is 185 g/mol. The summed E-state index contributed by atoms with van der Waals surface area (Å²) in [7, 11) is 0. The molecular formula is C10H16FNO. The maximum absolute atomic E-state index is 12.8. The van der Waals surface area contributed by atoms with Crippen molar-refractivity contribution in [1.82, 2.24) is 4.90 Å². The quantitative estimate of drug-likeness (QED) is 0.611. The van der Waals surface area contributed by atoms with Crippen molar-refractivity contribution in [3.05, 3.63) is 0 Å². The number of nitrogens with zero attached hydrogens (tertiary/aromatic N) is 1. The summed E-state index contributed by atoms with van der Waals surface area (Å²) in [5, 5.41) is 0. The molecule has 1 aliphatic carbocycles. The van der Waals surface area contributed by atoms with Gasteiger partial charge in [-0.2, -0.15) is 0 Å². The SMILES string of the molecule is O=C1CCCN1[C@H]1CC[C@H](F)CC1. The average Bonchev–Trinajstić information content (AvgIpc) is 2.53. The van der Waals surface area contributed by atoms with Gasteiger partial charge < -0.3 is 4.90 Å². The zero-order chi connectivity index (χ0) is 9.26. The summed E-state index contributed by atoms with van der Waals surface area (Å²) in [6, 6.07) is 0.349. The molecule has 0 atom stereocenters. The summed E-state index contributed by atoms with van der Waals surface area (Å²) < 4.78 is 12.8. The third kappa shape index (κ3) is 1.84. The summed E-state index contributed by atoms with van der Waals surface area (Å²) in [5.41, 5.74) is 0. The molecule has 0 aromatic heterocycles. The van der Waals surface area contributed by atoms with Crippen LogP contribution in [0.25, 0.3) is 0 Å². The highest BCUT2D eigenvalue weighted by atomic mass is 19.1. The van der Waals surface area contributed by atoms with Gasteiger partial charge in [-0.3, -0.25) is 4.79 Å². The van der Waals surface area contributed by atoms with Crippen molar-refractivity contribution in [2.45, 2.75) is 50.7 Å². The van der Waals surface area contributed by atoms with Crippen molar-refractivity contribution < 1.29 is 9.18 Å². The molecule has 3 heteroatoms. The molecule has 1 aliphatic heterocycles. The Morgan fingerprint density at radius 3 is 2.46 bits per heavy atom. The fourth-order valence-electron chi connectivity index (χ4n) is 2.40. The number of likely N-dealkylation sites (tertiary alicyclic amines) is 1. The van der Waals surface area contributed by atoms with Gasteiger partial charge in [-0.25, -0.2) is 4.39 Å². The van der Waals surface area contributed by atoms with Crippen LogP contribution in [-0.2, 0) is 4.79 Å². The topological polar surface area (TPSA) is 20.3 Å². The van der Waals surface area contributed by atoms with Crippen LogP contribution in [0.5, 0.6) is 0 Å². The van der Waals surface area contributed by atoms with E-state index in [0.29, 0.717) is 25.3 Å². The smallest absolute Gasteiger partial charge is 0.222 e. The molecule has 1 amide bonds. The van der Waals surface area contributed by atoms with E-state index in [9.17, 15) is 9.18 Å². The van der Waals surface area contributed by atoms with Gasteiger partial charge in [0.25, 0.3) is 0 Å². The summed E-state index contributed by atoms with van der Waals surface area (Å²) in [5.74, 6) is 0.280. The number of carbonyl (C=O) groups excluding carboxylic acids is 1. The first-order valence-corrected chi connectivity index (χ1v) is 5.21. The Kier molecular flexibility index (Phi) is 2.51. The molecule has 2 nitrogen and oxygen atoms in total. The minimum absolute atomic E-state index is 0.280. The summed E-state index contributed by atoms with van der Waals surface area (Å²) in [6.07, 6.45) is 4.11. The van der Waals surface area contributed by atoms with Crippen LogP contribution in [0.2, 0.25) is 0 Å². The second kappa shape index (κ2) is 3.64. The van der Waals surface area contributed by atoms with Crippen LogP contribution in [-0.4, -0.2) is 29.6 Å². The molecule has 2 aliphatic rings. The molecule has 13 heavy (non-hydrogen) atoms. The van der Waals surface area contributed by atoms with Gasteiger partial charge in [0, 0.05) is 19.0 Å². The van der Waals surface area contributed by atoms with E-state index in [1.165, 1.54) is 0 Å². The van der Waals surface area contributed by atoms with Crippen LogP contribution in [0.15, 0.2) is 0 Å². The lowest BCUT2D eigenvalue weighted by Gasteiger charge is -2.32. The van der Waals surface area contributed by atoms with Gasteiger partial charge in [-0.05, 0) is 32.1 Å². The molecule has 0 unspecified atom stereocenters. The van der Waals surface area contributed by atoms with E-state index in [0.717, 1.165) is 25.8 Å². The normalized spacial score (nSPS) is 35.5. The Labute approximate surface area is 78.1 Å². The van der Waals surface area contributed by atoms with E-state index in [1.807, 2.05) is 4.90 Å². The first-order chi connectivity index (χ1) is 6.27. The monoisotopic (exact) mass is 185 g/mol. The number of hydrogen-bond donors (Lipinski definition) is 0. The van der Waals surface area contributed by atoms with Crippen molar-refractivity contribution in [2.75, 3.05) is 6.54 Å². The number of carbonyl (C=O) groups is 1. The van der Waals surface area contributed by atoms with Crippen LogP contribution in [0.1, 0.15) is 38.5 Å². The van der Waals surface area contributed by atoms with E-state index >= 15 is 0 Å². The van der Waals surface area contributed by atoms with Crippen molar-refractivity contribution in [3.63, 3.8) is 0 Å². The molecule has 74 valence electrons. The van der Waals surface area contributed by atoms with Gasteiger partial charge in [-0.15, -0.1) is 0 Å². The van der Waals surface area contributed by atoms with Crippen LogP contribution in [0.3, 0.4) is 0 Å². The van der Waals surface area contributed by atoms with E-state index < -0.39 is 6.17 Å². The molecule has 2 rings (SSSR count). The second-order valence-corrected chi connectivity index (χ2v) is 4.10. The Hall–Kier alpha value is -0.600. The fourth-order valence-corrected chi connectivity index (χ4v) is 2.40. The van der Waals surface area contributed by atoms with Crippen LogP contribution >= 0.6 is 0 Å². The Balaban J connectivity index is 1.90. The lowest BCUT2D eigenvalue weighted by atomic mass is 9.93. The predicted octanol–water partition coefficient (Wildman–Crippen LogP) is 1.89. The van der Waals surface area contributed by atoms with E-state index in [2.05, 4.69) is 0 Å². The Bertz CT molecular complexity index is 199. The van der Waals surface area contributed by atoms with E-state index in [4.69, 9.17) is 0 Å². The number of amides is 1. The Morgan fingerprint density at radius 1 is 1.23 bits per heavy atom. The summed E-state index contributed by atoms with van der Waals surface area (Å²) in [4.78, 5) is 13.4. The Morgan fingerprint density at radius 2 is 1.92 bits per heavy atom. The van der Waals surface area contributed by atoms with E-state index in [-0.39, 0.29) is 5.91 Å². The van der Waals surface area contributed by atoms with Gasteiger partial charge in [-0.1, -0.05) is 0 Å². The van der Waals surface area contributed by atoms with Gasteiger partial charge in [0.05, 0.1) is 0 Å². The molecule has 2 fully saturated rings. The number of hydrogen-bond acceptors (Lipinski definition) is 1. The third-order valence-corrected chi connectivity index (χ3v) is 3.18.